The van der Waals surface area contributed by atoms with Crippen LogP contribution >= 0.6 is 0 Å². The van der Waals surface area contributed by atoms with Gasteiger partial charge in [0, 0.05) is 21.8 Å². The first-order chi connectivity index (χ1) is 24.3. The quantitative estimate of drug-likeness (QED) is 0.146. The zero-order valence-corrected chi connectivity index (χ0v) is 26.7. The van der Waals surface area contributed by atoms with Gasteiger partial charge in [-0.15, -0.1) is 0 Å². The molecular formula is C48H29N. The highest BCUT2D eigenvalue weighted by Gasteiger charge is 2.16. The normalized spacial score (nSPS) is 12.1. The summed E-state index contributed by atoms with van der Waals surface area (Å²) in [6.07, 6.45) is 0. The molecule has 1 nitrogen and oxygen atoms in total. The molecule has 0 fully saturated rings. The van der Waals surface area contributed by atoms with Crippen LogP contribution < -0.4 is 0 Å². The van der Waals surface area contributed by atoms with E-state index in [0.717, 1.165) is 11.0 Å². The third-order valence-electron chi connectivity index (χ3n) is 10.7. The summed E-state index contributed by atoms with van der Waals surface area (Å²) < 4.78 is 0. The van der Waals surface area contributed by atoms with Gasteiger partial charge < -0.3 is 4.98 Å². The van der Waals surface area contributed by atoms with Crippen LogP contribution in [0.1, 0.15) is 0 Å². The molecule has 0 amide bonds. The van der Waals surface area contributed by atoms with Crippen LogP contribution in [0.15, 0.2) is 170 Å². The summed E-state index contributed by atoms with van der Waals surface area (Å²) in [6, 6.07) is 62.9. The van der Waals surface area contributed by atoms with Gasteiger partial charge in [0.25, 0.3) is 0 Å². The molecule has 0 radical (unpaired) electrons. The molecule has 0 spiro atoms. The molecule has 11 aromatic rings. The molecule has 0 saturated heterocycles. The summed E-state index contributed by atoms with van der Waals surface area (Å²) in [5.74, 6) is 0. The summed E-state index contributed by atoms with van der Waals surface area (Å²) in [7, 11) is 0. The van der Waals surface area contributed by atoms with Crippen LogP contribution in [0.25, 0.3) is 109 Å². The highest BCUT2D eigenvalue weighted by molar-refractivity contribution is 6.23. The number of aromatic nitrogens is 1. The largest absolute Gasteiger partial charge is 0.355 e. The lowest BCUT2D eigenvalue weighted by Gasteiger charge is -2.15. The number of benzene rings is 10. The Morgan fingerprint density at radius 3 is 1.12 bits per heavy atom. The highest BCUT2D eigenvalue weighted by atomic mass is 14.7. The number of fused-ring (bicyclic) bond motifs is 11. The lowest BCUT2D eigenvalue weighted by molar-refractivity contribution is 1.55. The molecule has 1 N–H and O–H groups in total. The van der Waals surface area contributed by atoms with Gasteiger partial charge in [0.2, 0.25) is 0 Å². The fraction of sp³-hybridized carbons (Fsp3) is 0. The van der Waals surface area contributed by atoms with Crippen LogP contribution in [0.5, 0.6) is 0 Å². The van der Waals surface area contributed by atoms with Crippen molar-refractivity contribution >= 4 is 86.4 Å². The topological polar surface area (TPSA) is 15.8 Å². The van der Waals surface area contributed by atoms with Gasteiger partial charge in [-0.1, -0.05) is 133 Å². The van der Waals surface area contributed by atoms with Crippen molar-refractivity contribution in [3.05, 3.63) is 170 Å². The van der Waals surface area contributed by atoms with Crippen molar-refractivity contribution in [3.8, 4) is 22.3 Å². The Kier molecular flexibility index (Phi) is 5.45. The lowest BCUT2D eigenvalue weighted by Crippen LogP contribution is -1.87. The fourth-order valence-corrected chi connectivity index (χ4v) is 8.47. The summed E-state index contributed by atoms with van der Waals surface area (Å²) >= 11 is 0. The van der Waals surface area contributed by atoms with Crippen LogP contribution in [0.2, 0.25) is 0 Å². The minimum Gasteiger partial charge on any atom is -0.355 e. The zero-order chi connectivity index (χ0) is 32.1. The van der Waals surface area contributed by atoms with Gasteiger partial charge in [0.1, 0.15) is 0 Å². The second-order valence-electron chi connectivity index (χ2n) is 13.4. The van der Waals surface area contributed by atoms with Crippen LogP contribution in [0.4, 0.5) is 0 Å². The molecule has 49 heavy (non-hydrogen) atoms. The van der Waals surface area contributed by atoms with E-state index >= 15 is 0 Å². The minimum absolute atomic E-state index is 1.15. The van der Waals surface area contributed by atoms with Crippen molar-refractivity contribution in [2.45, 2.75) is 0 Å². The van der Waals surface area contributed by atoms with E-state index in [1.807, 2.05) is 0 Å². The Morgan fingerprint density at radius 2 is 0.653 bits per heavy atom. The highest BCUT2D eigenvalue weighted by Crippen LogP contribution is 2.43. The first-order valence-electron chi connectivity index (χ1n) is 17.0. The lowest BCUT2D eigenvalue weighted by atomic mass is 9.88. The predicted octanol–water partition coefficient (Wildman–Crippen LogP) is 13.6. The molecule has 0 aliphatic carbocycles. The Labute approximate surface area is 282 Å². The van der Waals surface area contributed by atoms with Crippen LogP contribution in [-0.2, 0) is 0 Å². The predicted molar refractivity (Wildman–Crippen MR) is 212 cm³/mol. The second kappa shape index (κ2) is 10.0. The minimum atomic E-state index is 1.15. The van der Waals surface area contributed by atoms with Crippen molar-refractivity contribution in [2.24, 2.45) is 0 Å². The number of aromatic amines is 1. The molecule has 0 unspecified atom stereocenters. The van der Waals surface area contributed by atoms with Crippen molar-refractivity contribution < 1.29 is 0 Å². The molecule has 1 heteroatoms. The van der Waals surface area contributed by atoms with Crippen LogP contribution in [0, 0.1) is 0 Å². The number of hydrogen-bond donors (Lipinski definition) is 1. The second-order valence-corrected chi connectivity index (χ2v) is 13.4. The Morgan fingerprint density at radius 1 is 0.245 bits per heavy atom. The molecule has 11 rings (SSSR count). The average Bonchev–Trinajstić information content (AvgIpc) is 3.53. The maximum Gasteiger partial charge on any atom is 0.0465 e. The summed E-state index contributed by atoms with van der Waals surface area (Å²) in [5, 5.41) is 17.8. The van der Waals surface area contributed by atoms with Gasteiger partial charge in [-0.2, -0.15) is 0 Å². The van der Waals surface area contributed by atoms with Gasteiger partial charge in [0.05, 0.1) is 0 Å². The van der Waals surface area contributed by atoms with E-state index in [9.17, 15) is 0 Å². The van der Waals surface area contributed by atoms with Crippen molar-refractivity contribution in [2.75, 3.05) is 0 Å². The van der Waals surface area contributed by atoms with Gasteiger partial charge in [-0.05, 0) is 123 Å². The van der Waals surface area contributed by atoms with Gasteiger partial charge in [-0.3, -0.25) is 0 Å². The Bertz CT molecular complexity index is 2950. The molecular weight excluding hydrogens is 591 g/mol. The summed E-state index contributed by atoms with van der Waals surface area (Å²) in [6.45, 7) is 0. The maximum absolute atomic E-state index is 3.73. The summed E-state index contributed by atoms with van der Waals surface area (Å²) in [4.78, 5) is 3.73. The van der Waals surface area contributed by atoms with E-state index in [0.29, 0.717) is 0 Å². The standard InChI is InChI=1S/C48H29N/c1-5-13-35-29(9-1)17-21-39-41(35)25-31-11-3-7-15-37(31)47(39)33-19-23-45-43(27-33)44-28-34(20-24-46(44)49-45)48-38-16-8-4-12-32(38)26-42-36-14-6-2-10-30(36)18-22-40(42)48/h1-28,49H. The molecule has 0 aliphatic rings. The van der Waals surface area contributed by atoms with E-state index in [1.165, 1.54) is 97.7 Å². The third-order valence-corrected chi connectivity index (χ3v) is 10.7. The SMILES string of the molecule is c1ccc2c(-c3ccc4[nH]c5ccc(-c6c7ccccc7cc7c6ccc6ccccc67)cc5c4c3)c3ccc4ccccc4c3cc2c1. The van der Waals surface area contributed by atoms with Gasteiger partial charge >= 0.3 is 0 Å². The van der Waals surface area contributed by atoms with Crippen molar-refractivity contribution in [1.29, 1.82) is 0 Å². The summed E-state index contributed by atoms with van der Waals surface area (Å²) in [5.41, 5.74) is 7.35. The smallest absolute Gasteiger partial charge is 0.0465 e. The molecule has 10 aromatic carbocycles. The van der Waals surface area contributed by atoms with Crippen molar-refractivity contribution in [1.82, 2.24) is 4.98 Å². The molecule has 0 bridgehead atoms. The van der Waals surface area contributed by atoms with Crippen LogP contribution in [0.3, 0.4) is 0 Å². The molecule has 0 saturated carbocycles. The monoisotopic (exact) mass is 619 g/mol. The maximum atomic E-state index is 3.73. The van der Waals surface area contributed by atoms with E-state index < -0.39 is 0 Å². The molecule has 226 valence electrons. The van der Waals surface area contributed by atoms with Crippen molar-refractivity contribution in [3.63, 3.8) is 0 Å². The average molecular weight is 620 g/mol. The number of H-pyrrole nitrogens is 1. The van der Waals surface area contributed by atoms with E-state index in [-0.39, 0.29) is 0 Å². The number of rotatable bonds is 2. The first kappa shape index (κ1) is 26.6. The van der Waals surface area contributed by atoms with E-state index in [1.54, 1.807) is 0 Å². The number of nitrogens with one attached hydrogen (secondary N) is 1. The van der Waals surface area contributed by atoms with E-state index in [2.05, 4.69) is 175 Å². The zero-order valence-electron chi connectivity index (χ0n) is 26.7. The molecule has 0 atom stereocenters. The Balaban J connectivity index is 1.19. The molecule has 0 aliphatic heterocycles. The van der Waals surface area contributed by atoms with Gasteiger partial charge in [0.15, 0.2) is 0 Å². The van der Waals surface area contributed by atoms with E-state index in [4.69, 9.17) is 0 Å². The molecule has 1 heterocycles. The van der Waals surface area contributed by atoms with Gasteiger partial charge in [-0.25, -0.2) is 0 Å². The first-order valence-corrected chi connectivity index (χ1v) is 17.0. The third kappa shape index (κ3) is 3.87. The molecule has 1 aromatic heterocycles. The number of hydrogen-bond acceptors (Lipinski definition) is 0. The van der Waals surface area contributed by atoms with Crippen LogP contribution in [-0.4, -0.2) is 4.98 Å². The fourth-order valence-electron chi connectivity index (χ4n) is 8.47. The Hall–Kier alpha value is -6.44.